The molecule has 0 amide bonds. The SMILES string of the molecule is COC(=O)c1ccccc1N(C)CC1CCOCC1. The van der Waals surface area contributed by atoms with Gasteiger partial charge in [0, 0.05) is 26.8 Å². The molecule has 4 nitrogen and oxygen atoms in total. The first kappa shape index (κ1) is 13.9. The molecular weight excluding hydrogens is 242 g/mol. The number of hydrogen-bond donors (Lipinski definition) is 0. The Labute approximate surface area is 114 Å². The molecule has 2 rings (SSSR count). The van der Waals surface area contributed by atoms with Gasteiger partial charge in [0.2, 0.25) is 0 Å². The van der Waals surface area contributed by atoms with Crippen LogP contribution in [0.3, 0.4) is 0 Å². The molecule has 0 atom stereocenters. The molecule has 1 heterocycles. The maximum Gasteiger partial charge on any atom is 0.339 e. The molecule has 1 saturated heterocycles. The predicted octanol–water partition coefficient (Wildman–Crippen LogP) is 2.34. The van der Waals surface area contributed by atoms with Gasteiger partial charge in [0.15, 0.2) is 0 Å². The van der Waals surface area contributed by atoms with Crippen LogP contribution in [0.15, 0.2) is 24.3 Å². The standard InChI is InChI=1S/C15H21NO3/c1-16(11-12-7-9-19-10-8-12)14-6-4-3-5-13(14)15(17)18-2/h3-6,12H,7-11H2,1-2H3. The molecule has 0 radical (unpaired) electrons. The highest BCUT2D eigenvalue weighted by Gasteiger charge is 2.19. The number of carbonyl (C=O) groups excluding carboxylic acids is 1. The molecule has 0 aromatic heterocycles. The van der Waals surface area contributed by atoms with Crippen molar-refractivity contribution in [3.63, 3.8) is 0 Å². The summed E-state index contributed by atoms with van der Waals surface area (Å²) in [7, 11) is 3.44. The second kappa shape index (κ2) is 6.57. The minimum atomic E-state index is -0.283. The van der Waals surface area contributed by atoms with Crippen molar-refractivity contribution in [3.05, 3.63) is 29.8 Å². The molecule has 0 unspecified atom stereocenters. The average molecular weight is 263 g/mol. The third kappa shape index (κ3) is 3.47. The van der Waals surface area contributed by atoms with Crippen molar-refractivity contribution in [2.75, 3.05) is 38.8 Å². The highest BCUT2D eigenvalue weighted by molar-refractivity contribution is 5.95. The first-order valence-corrected chi connectivity index (χ1v) is 6.68. The van der Waals surface area contributed by atoms with Crippen LogP contribution >= 0.6 is 0 Å². The van der Waals surface area contributed by atoms with Crippen LogP contribution in [0.1, 0.15) is 23.2 Å². The van der Waals surface area contributed by atoms with E-state index < -0.39 is 0 Å². The monoisotopic (exact) mass is 263 g/mol. The Hall–Kier alpha value is -1.55. The third-order valence-electron chi connectivity index (χ3n) is 3.59. The number of benzene rings is 1. The smallest absolute Gasteiger partial charge is 0.339 e. The van der Waals surface area contributed by atoms with Crippen LogP contribution in [0.2, 0.25) is 0 Å². The van der Waals surface area contributed by atoms with Crippen molar-refractivity contribution in [3.8, 4) is 0 Å². The van der Waals surface area contributed by atoms with E-state index in [2.05, 4.69) is 4.90 Å². The quantitative estimate of drug-likeness (QED) is 0.782. The summed E-state index contributed by atoms with van der Waals surface area (Å²) in [5.41, 5.74) is 1.56. The fraction of sp³-hybridized carbons (Fsp3) is 0.533. The molecule has 1 aliphatic rings. The van der Waals surface area contributed by atoms with E-state index >= 15 is 0 Å². The summed E-state index contributed by atoms with van der Waals surface area (Å²) in [6.45, 7) is 2.63. The molecule has 104 valence electrons. The van der Waals surface area contributed by atoms with Crippen molar-refractivity contribution in [2.45, 2.75) is 12.8 Å². The zero-order valence-corrected chi connectivity index (χ0v) is 11.6. The molecule has 1 aromatic carbocycles. The minimum Gasteiger partial charge on any atom is -0.465 e. The van der Waals surface area contributed by atoms with E-state index in [1.54, 1.807) is 0 Å². The summed E-state index contributed by atoms with van der Waals surface area (Å²) >= 11 is 0. The molecule has 1 fully saturated rings. The zero-order chi connectivity index (χ0) is 13.7. The van der Waals surface area contributed by atoms with Crippen LogP contribution in [-0.2, 0) is 9.47 Å². The number of methoxy groups -OCH3 is 1. The second-order valence-corrected chi connectivity index (χ2v) is 4.95. The highest BCUT2D eigenvalue weighted by atomic mass is 16.5. The third-order valence-corrected chi connectivity index (χ3v) is 3.59. The largest absolute Gasteiger partial charge is 0.465 e. The topological polar surface area (TPSA) is 38.8 Å². The molecule has 0 aliphatic carbocycles. The maximum absolute atomic E-state index is 11.8. The summed E-state index contributed by atoms with van der Waals surface area (Å²) < 4.78 is 10.2. The molecular formula is C15H21NO3. The molecule has 19 heavy (non-hydrogen) atoms. The van der Waals surface area contributed by atoms with E-state index in [1.807, 2.05) is 31.3 Å². The zero-order valence-electron chi connectivity index (χ0n) is 11.6. The van der Waals surface area contributed by atoms with Gasteiger partial charge in [-0.1, -0.05) is 12.1 Å². The Morgan fingerprint density at radius 1 is 1.37 bits per heavy atom. The summed E-state index contributed by atoms with van der Waals surface area (Å²) in [5.74, 6) is 0.346. The van der Waals surface area contributed by atoms with Crippen LogP contribution in [0, 0.1) is 5.92 Å². The number of nitrogens with zero attached hydrogens (tertiary/aromatic N) is 1. The van der Waals surface area contributed by atoms with Crippen molar-refractivity contribution in [1.82, 2.24) is 0 Å². The van der Waals surface area contributed by atoms with Gasteiger partial charge < -0.3 is 14.4 Å². The first-order valence-electron chi connectivity index (χ1n) is 6.68. The second-order valence-electron chi connectivity index (χ2n) is 4.95. The van der Waals surface area contributed by atoms with Crippen LogP contribution in [0.25, 0.3) is 0 Å². The van der Waals surface area contributed by atoms with Gasteiger partial charge in [-0.15, -0.1) is 0 Å². The average Bonchev–Trinajstić information content (AvgIpc) is 2.47. The van der Waals surface area contributed by atoms with Crippen LogP contribution in [0.4, 0.5) is 5.69 Å². The van der Waals surface area contributed by atoms with Gasteiger partial charge in [-0.25, -0.2) is 4.79 Å². The lowest BCUT2D eigenvalue weighted by atomic mass is 9.99. The molecule has 0 N–H and O–H groups in total. The fourth-order valence-electron chi connectivity index (χ4n) is 2.50. The normalized spacial score (nSPS) is 16.1. The van der Waals surface area contributed by atoms with Crippen LogP contribution < -0.4 is 4.90 Å². The number of rotatable bonds is 4. The van der Waals surface area contributed by atoms with E-state index in [9.17, 15) is 4.79 Å². The number of para-hydroxylation sites is 1. The van der Waals surface area contributed by atoms with Crippen molar-refractivity contribution >= 4 is 11.7 Å². The van der Waals surface area contributed by atoms with Crippen molar-refractivity contribution < 1.29 is 14.3 Å². The predicted molar refractivity (Wildman–Crippen MR) is 74.6 cm³/mol. The Morgan fingerprint density at radius 2 is 2.05 bits per heavy atom. The summed E-state index contributed by atoms with van der Waals surface area (Å²) in [4.78, 5) is 13.9. The van der Waals surface area contributed by atoms with Gasteiger partial charge in [0.05, 0.1) is 18.4 Å². The van der Waals surface area contributed by atoms with E-state index in [-0.39, 0.29) is 5.97 Å². The number of hydrogen-bond acceptors (Lipinski definition) is 4. The minimum absolute atomic E-state index is 0.283. The molecule has 0 saturated carbocycles. The molecule has 0 spiro atoms. The molecule has 1 aromatic rings. The van der Waals surface area contributed by atoms with Crippen LogP contribution in [-0.4, -0.2) is 39.9 Å². The summed E-state index contributed by atoms with van der Waals surface area (Å²) in [5, 5.41) is 0. The summed E-state index contributed by atoms with van der Waals surface area (Å²) in [6.07, 6.45) is 2.18. The lowest BCUT2D eigenvalue weighted by Gasteiger charge is -2.29. The number of anilines is 1. The fourth-order valence-corrected chi connectivity index (χ4v) is 2.50. The van der Waals surface area contributed by atoms with Gasteiger partial charge in [-0.05, 0) is 30.9 Å². The molecule has 4 heteroatoms. The Bertz CT molecular complexity index is 427. The van der Waals surface area contributed by atoms with Gasteiger partial charge in [0.25, 0.3) is 0 Å². The first-order chi connectivity index (χ1) is 9.22. The van der Waals surface area contributed by atoms with Crippen LogP contribution in [0.5, 0.6) is 0 Å². The lowest BCUT2D eigenvalue weighted by molar-refractivity contribution is 0.0600. The van der Waals surface area contributed by atoms with Crippen molar-refractivity contribution in [1.29, 1.82) is 0 Å². The van der Waals surface area contributed by atoms with Crippen molar-refractivity contribution in [2.24, 2.45) is 5.92 Å². The summed E-state index contributed by atoms with van der Waals surface area (Å²) in [6, 6.07) is 7.58. The Morgan fingerprint density at radius 3 is 2.74 bits per heavy atom. The number of esters is 1. The van der Waals surface area contributed by atoms with E-state index in [0.29, 0.717) is 11.5 Å². The van der Waals surface area contributed by atoms with Gasteiger partial charge in [-0.3, -0.25) is 0 Å². The van der Waals surface area contributed by atoms with E-state index in [4.69, 9.17) is 9.47 Å². The number of carbonyl (C=O) groups is 1. The van der Waals surface area contributed by atoms with E-state index in [1.165, 1.54) is 7.11 Å². The molecule has 0 bridgehead atoms. The van der Waals surface area contributed by atoms with Gasteiger partial charge >= 0.3 is 5.97 Å². The Balaban J connectivity index is 2.09. The maximum atomic E-state index is 11.8. The van der Waals surface area contributed by atoms with Gasteiger partial charge in [-0.2, -0.15) is 0 Å². The highest BCUT2D eigenvalue weighted by Crippen LogP contribution is 2.23. The lowest BCUT2D eigenvalue weighted by Crippen LogP contribution is -2.30. The Kier molecular flexibility index (Phi) is 4.80. The number of ether oxygens (including phenoxy) is 2. The van der Waals surface area contributed by atoms with E-state index in [0.717, 1.165) is 38.3 Å². The van der Waals surface area contributed by atoms with Gasteiger partial charge in [0.1, 0.15) is 0 Å². The molecule has 1 aliphatic heterocycles.